The first-order valence-corrected chi connectivity index (χ1v) is 10.7. The van der Waals surface area contributed by atoms with Crippen molar-refractivity contribution in [3.05, 3.63) is 54.1 Å². The second-order valence-corrected chi connectivity index (χ2v) is 8.04. The highest BCUT2D eigenvalue weighted by Crippen LogP contribution is 2.30. The lowest BCUT2D eigenvalue weighted by Gasteiger charge is -2.21. The number of amides is 2. The lowest BCUT2D eigenvalue weighted by molar-refractivity contribution is 0.0952. The molecule has 0 fully saturated rings. The molecular weight excluding hydrogens is 410 g/mol. The monoisotopic (exact) mass is 435 g/mol. The van der Waals surface area contributed by atoms with Crippen LogP contribution in [0, 0.1) is 0 Å². The third kappa shape index (κ3) is 5.63. The summed E-state index contributed by atoms with van der Waals surface area (Å²) in [5, 5.41) is 5.12. The fourth-order valence-corrected chi connectivity index (χ4v) is 3.79. The number of sulfonamides is 1. The second-order valence-electron chi connectivity index (χ2n) is 6.07. The number of anilines is 1. The van der Waals surface area contributed by atoms with E-state index in [2.05, 4.69) is 10.6 Å². The van der Waals surface area contributed by atoms with Crippen molar-refractivity contribution in [3.8, 4) is 5.75 Å². The van der Waals surface area contributed by atoms with Gasteiger partial charge in [0.05, 0.1) is 24.3 Å². The van der Waals surface area contributed by atoms with Gasteiger partial charge < -0.3 is 20.1 Å². The van der Waals surface area contributed by atoms with Gasteiger partial charge in [0.25, 0.3) is 15.9 Å². The maximum absolute atomic E-state index is 12.9. The molecule has 0 radical (unpaired) electrons. The van der Waals surface area contributed by atoms with Crippen LogP contribution in [-0.2, 0) is 14.8 Å². The van der Waals surface area contributed by atoms with E-state index in [9.17, 15) is 18.0 Å². The molecule has 2 amide bonds. The topological polar surface area (TPSA) is 114 Å². The SMILES string of the molecule is CCOC(=O)NCCNC(=O)c1ccc(S(=O)(=O)N(C)c2ccccc2OC)cc1. The minimum atomic E-state index is -3.84. The Kier molecular flexibility index (Phi) is 8.05. The van der Waals surface area contributed by atoms with Gasteiger partial charge in [-0.05, 0) is 43.3 Å². The first-order chi connectivity index (χ1) is 14.3. The zero-order chi connectivity index (χ0) is 22.1. The van der Waals surface area contributed by atoms with Crippen molar-refractivity contribution in [3.63, 3.8) is 0 Å². The quantitative estimate of drug-likeness (QED) is 0.583. The van der Waals surface area contributed by atoms with Crippen molar-refractivity contribution < 1.29 is 27.5 Å². The molecule has 0 spiro atoms. The van der Waals surface area contributed by atoms with Gasteiger partial charge in [-0.15, -0.1) is 0 Å². The lowest BCUT2D eigenvalue weighted by atomic mass is 10.2. The number of hydrogen-bond acceptors (Lipinski definition) is 6. The van der Waals surface area contributed by atoms with Gasteiger partial charge >= 0.3 is 6.09 Å². The Morgan fingerprint density at radius 3 is 2.27 bits per heavy atom. The average molecular weight is 436 g/mol. The smallest absolute Gasteiger partial charge is 0.407 e. The third-order valence-electron chi connectivity index (χ3n) is 4.15. The number of carbonyl (C=O) groups excluding carboxylic acids is 2. The summed E-state index contributed by atoms with van der Waals surface area (Å²) >= 11 is 0. The van der Waals surface area contributed by atoms with E-state index in [1.54, 1.807) is 31.2 Å². The molecule has 10 heteroatoms. The minimum absolute atomic E-state index is 0.0384. The molecule has 0 saturated heterocycles. The van der Waals surface area contributed by atoms with E-state index in [1.165, 1.54) is 38.4 Å². The Bertz CT molecular complexity index is 976. The summed E-state index contributed by atoms with van der Waals surface area (Å²) in [7, 11) is -0.941. The van der Waals surface area contributed by atoms with E-state index in [1.807, 2.05) is 0 Å². The molecule has 2 rings (SSSR count). The number of nitrogens with one attached hydrogen (secondary N) is 2. The van der Waals surface area contributed by atoms with Gasteiger partial charge in [0.1, 0.15) is 5.75 Å². The molecule has 0 aliphatic rings. The van der Waals surface area contributed by atoms with Crippen molar-refractivity contribution in [2.75, 3.05) is 38.2 Å². The number of para-hydroxylation sites is 2. The highest BCUT2D eigenvalue weighted by atomic mass is 32.2. The van der Waals surface area contributed by atoms with Gasteiger partial charge in [-0.25, -0.2) is 13.2 Å². The third-order valence-corrected chi connectivity index (χ3v) is 5.94. The van der Waals surface area contributed by atoms with Gasteiger partial charge in [-0.1, -0.05) is 12.1 Å². The van der Waals surface area contributed by atoms with Gasteiger partial charge in [-0.2, -0.15) is 0 Å². The molecule has 0 aliphatic carbocycles. The number of hydrogen-bond donors (Lipinski definition) is 2. The summed E-state index contributed by atoms with van der Waals surface area (Å²) in [5.41, 5.74) is 0.695. The molecule has 0 unspecified atom stereocenters. The molecular formula is C20H25N3O6S. The molecule has 0 aliphatic heterocycles. The van der Waals surface area contributed by atoms with Crippen molar-refractivity contribution in [2.45, 2.75) is 11.8 Å². The van der Waals surface area contributed by atoms with Crippen LogP contribution in [0.1, 0.15) is 17.3 Å². The number of carbonyl (C=O) groups is 2. The van der Waals surface area contributed by atoms with E-state index in [4.69, 9.17) is 9.47 Å². The molecule has 2 N–H and O–H groups in total. The number of nitrogens with zero attached hydrogens (tertiary/aromatic N) is 1. The second kappa shape index (κ2) is 10.5. The predicted molar refractivity (Wildman–Crippen MR) is 112 cm³/mol. The zero-order valence-corrected chi connectivity index (χ0v) is 17.9. The molecule has 9 nitrogen and oxygen atoms in total. The fourth-order valence-electron chi connectivity index (χ4n) is 2.58. The molecule has 162 valence electrons. The summed E-state index contributed by atoms with van der Waals surface area (Å²) in [5.74, 6) is 0.0405. The largest absolute Gasteiger partial charge is 0.495 e. The molecule has 0 bridgehead atoms. The van der Waals surface area contributed by atoms with Crippen molar-refractivity contribution in [1.29, 1.82) is 0 Å². The highest BCUT2D eigenvalue weighted by molar-refractivity contribution is 7.92. The maximum atomic E-state index is 12.9. The summed E-state index contributed by atoms with van der Waals surface area (Å²) in [6.07, 6.45) is -0.555. The number of ether oxygens (including phenoxy) is 2. The Labute approximate surface area is 176 Å². The van der Waals surface area contributed by atoms with Crippen molar-refractivity contribution >= 4 is 27.7 Å². The van der Waals surface area contributed by atoms with E-state index >= 15 is 0 Å². The Morgan fingerprint density at radius 1 is 1.00 bits per heavy atom. The van der Waals surface area contributed by atoms with Gasteiger partial charge in [-0.3, -0.25) is 9.10 Å². The minimum Gasteiger partial charge on any atom is -0.495 e. The predicted octanol–water partition coefficient (Wildman–Crippen LogP) is 2.00. The normalized spacial score (nSPS) is 10.8. The summed E-state index contributed by atoms with van der Waals surface area (Å²) in [4.78, 5) is 23.4. The molecule has 2 aromatic carbocycles. The zero-order valence-electron chi connectivity index (χ0n) is 17.0. The van der Waals surface area contributed by atoms with Crippen LogP contribution in [0.25, 0.3) is 0 Å². The van der Waals surface area contributed by atoms with E-state index < -0.39 is 16.1 Å². The van der Waals surface area contributed by atoms with Gasteiger partial charge in [0.2, 0.25) is 0 Å². The summed E-state index contributed by atoms with van der Waals surface area (Å²) < 4.78 is 36.9. The van der Waals surface area contributed by atoms with E-state index in [-0.39, 0.29) is 30.5 Å². The van der Waals surface area contributed by atoms with Crippen molar-refractivity contribution in [2.24, 2.45) is 0 Å². The Morgan fingerprint density at radius 2 is 1.63 bits per heavy atom. The molecule has 2 aromatic rings. The number of alkyl carbamates (subject to hydrolysis) is 1. The molecule has 30 heavy (non-hydrogen) atoms. The average Bonchev–Trinajstić information content (AvgIpc) is 2.76. The molecule has 0 atom stereocenters. The van der Waals surface area contributed by atoms with Crippen LogP contribution in [0.4, 0.5) is 10.5 Å². The van der Waals surface area contributed by atoms with Gasteiger partial charge in [0.15, 0.2) is 0 Å². The van der Waals surface area contributed by atoms with Crippen LogP contribution >= 0.6 is 0 Å². The summed E-state index contributed by atoms with van der Waals surface area (Å²) in [6, 6.07) is 12.4. The number of methoxy groups -OCH3 is 1. The Balaban J connectivity index is 2.03. The standard InChI is InChI=1S/C20H25N3O6S/c1-4-29-20(25)22-14-13-21-19(24)15-9-11-16(12-10-15)30(26,27)23(2)17-7-5-6-8-18(17)28-3/h5-12H,4,13-14H2,1-3H3,(H,21,24)(H,22,25). The first kappa shape index (κ1) is 23.0. The van der Waals surface area contributed by atoms with Crippen LogP contribution in [0.5, 0.6) is 5.75 Å². The highest BCUT2D eigenvalue weighted by Gasteiger charge is 2.23. The number of rotatable bonds is 9. The van der Waals surface area contributed by atoms with Crippen LogP contribution in [-0.4, -0.2) is 54.3 Å². The van der Waals surface area contributed by atoms with Crippen LogP contribution in [0.15, 0.2) is 53.4 Å². The van der Waals surface area contributed by atoms with Crippen LogP contribution in [0.2, 0.25) is 0 Å². The van der Waals surface area contributed by atoms with E-state index in [0.717, 1.165) is 4.31 Å². The number of benzene rings is 2. The Hall–Kier alpha value is -3.27. The molecule has 0 aromatic heterocycles. The first-order valence-electron chi connectivity index (χ1n) is 9.22. The van der Waals surface area contributed by atoms with Gasteiger partial charge in [0, 0.05) is 25.7 Å². The van der Waals surface area contributed by atoms with Crippen molar-refractivity contribution in [1.82, 2.24) is 10.6 Å². The van der Waals surface area contributed by atoms with Crippen LogP contribution < -0.4 is 19.7 Å². The lowest BCUT2D eigenvalue weighted by Crippen LogP contribution is -2.35. The molecule has 0 saturated carbocycles. The van der Waals surface area contributed by atoms with Crippen LogP contribution in [0.3, 0.4) is 0 Å². The fraction of sp³-hybridized carbons (Fsp3) is 0.300. The molecule has 0 heterocycles. The van der Waals surface area contributed by atoms with E-state index in [0.29, 0.717) is 17.0 Å². The maximum Gasteiger partial charge on any atom is 0.407 e. The summed E-state index contributed by atoms with van der Waals surface area (Å²) in [6.45, 7) is 2.37.